The van der Waals surface area contributed by atoms with Crippen molar-refractivity contribution in [3.05, 3.63) is 45.7 Å². The minimum atomic E-state index is -4.38. The SMILES string of the molecule is Cc1cn(-c2ccc(C(F)(F)F)cc2)/c(=N/C(=O)N2CC[C@H](N)C2)s1. The molecule has 0 aliphatic carbocycles. The van der Waals surface area contributed by atoms with Crippen LogP contribution >= 0.6 is 11.3 Å². The zero-order valence-corrected chi connectivity index (χ0v) is 14.3. The Morgan fingerprint density at radius 2 is 2.00 bits per heavy atom. The molecule has 1 aromatic carbocycles. The summed E-state index contributed by atoms with van der Waals surface area (Å²) in [5.41, 5.74) is 5.60. The minimum Gasteiger partial charge on any atom is -0.326 e. The Labute approximate surface area is 146 Å². The van der Waals surface area contributed by atoms with Gasteiger partial charge in [0.1, 0.15) is 0 Å². The van der Waals surface area contributed by atoms with Crippen molar-refractivity contribution in [2.24, 2.45) is 10.7 Å². The molecule has 1 atom stereocenters. The van der Waals surface area contributed by atoms with E-state index in [1.807, 2.05) is 6.92 Å². The number of carbonyl (C=O) groups excluding carboxylic acids is 1. The van der Waals surface area contributed by atoms with E-state index in [1.54, 1.807) is 15.7 Å². The number of aryl methyl sites for hydroxylation is 1. The summed E-state index contributed by atoms with van der Waals surface area (Å²) in [5.74, 6) is 0. The van der Waals surface area contributed by atoms with Gasteiger partial charge in [0.05, 0.1) is 5.56 Å². The van der Waals surface area contributed by atoms with E-state index in [9.17, 15) is 18.0 Å². The lowest BCUT2D eigenvalue weighted by atomic mass is 10.2. The molecule has 1 aliphatic heterocycles. The first kappa shape index (κ1) is 17.7. The van der Waals surface area contributed by atoms with E-state index in [0.29, 0.717) is 23.6 Å². The first-order valence-electron chi connectivity index (χ1n) is 7.70. The third-order valence-electron chi connectivity index (χ3n) is 3.93. The first-order chi connectivity index (χ1) is 11.7. The zero-order valence-electron chi connectivity index (χ0n) is 13.5. The lowest BCUT2D eigenvalue weighted by molar-refractivity contribution is -0.137. The summed E-state index contributed by atoms with van der Waals surface area (Å²) in [6.07, 6.45) is -1.90. The van der Waals surface area contributed by atoms with Gasteiger partial charge in [-0.05, 0) is 37.6 Å². The van der Waals surface area contributed by atoms with Gasteiger partial charge in [-0.15, -0.1) is 11.3 Å². The molecular weight excluding hydrogens is 353 g/mol. The molecule has 1 fully saturated rings. The fourth-order valence-electron chi connectivity index (χ4n) is 2.64. The predicted octanol–water partition coefficient (Wildman–Crippen LogP) is 2.92. The molecule has 0 bridgehead atoms. The summed E-state index contributed by atoms with van der Waals surface area (Å²) >= 11 is 1.30. The fraction of sp³-hybridized carbons (Fsp3) is 0.375. The van der Waals surface area contributed by atoms with Crippen LogP contribution in [-0.2, 0) is 6.18 Å². The number of benzene rings is 1. The lowest BCUT2D eigenvalue weighted by Gasteiger charge is -2.11. The highest BCUT2D eigenvalue weighted by atomic mass is 32.1. The molecule has 0 saturated carbocycles. The predicted molar refractivity (Wildman–Crippen MR) is 88.5 cm³/mol. The van der Waals surface area contributed by atoms with Crippen LogP contribution in [0.3, 0.4) is 0 Å². The highest BCUT2D eigenvalue weighted by Crippen LogP contribution is 2.29. The van der Waals surface area contributed by atoms with Crippen molar-refractivity contribution in [3.63, 3.8) is 0 Å². The number of thiazole rings is 1. The number of rotatable bonds is 1. The molecule has 25 heavy (non-hydrogen) atoms. The summed E-state index contributed by atoms with van der Waals surface area (Å²) in [7, 11) is 0. The van der Waals surface area contributed by atoms with E-state index in [4.69, 9.17) is 5.73 Å². The van der Waals surface area contributed by atoms with Crippen LogP contribution in [-0.4, -0.2) is 34.6 Å². The lowest BCUT2D eigenvalue weighted by Crippen LogP contribution is -2.31. The van der Waals surface area contributed by atoms with Gasteiger partial charge in [-0.3, -0.25) is 4.57 Å². The van der Waals surface area contributed by atoms with Crippen LogP contribution in [0.4, 0.5) is 18.0 Å². The van der Waals surface area contributed by atoms with E-state index in [1.165, 1.54) is 23.5 Å². The van der Waals surface area contributed by atoms with E-state index in [2.05, 4.69) is 4.99 Å². The molecule has 5 nitrogen and oxygen atoms in total. The van der Waals surface area contributed by atoms with Crippen molar-refractivity contribution in [1.82, 2.24) is 9.47 Å². The van der Waals surface area contributed by atoms with E-state index in [0.717, 1.165) is 23.4 Å². The van der Waals surface area contributed by atoms with Crippen molar-refractivity contribution >= 4 is 17.4 Å². The number of amides is 2. The summed E-state index contributed by atoms with van der Waals surface area (Å²) in [6, 6.07) is 4.34. The normalized spacial score (nSPS) is 18.8. The number of likely N-dealkylation sites (tertiary alicyclic amines) is 1. The summed E-state index contributed by atoms with van der Waals surface area (Å²) < 4.78 is 39.7. The van der Waals surface area contributed by atoms with Crippen LogP contribution in [0.25, 0.3) is 5.69 Å². The second kappa shape index (κ2) is 6.64. The van der Waals surface area contributed by atoms with Crippen LogP contribution < -0.4 is 10.5 Å². The molecule has 9 heteroatoms. The molecular formula is C16H17F3N4OS. The summed E-state index contributed by atoms with van der Waals surface area (Å²) in [4.78, 5) is 19.3. The molecule has 1 aromatic heterocycles. The van der Waals surface area contributed by atoms with Crippen molar-refractivity contribution in [3.8, 4) is 5.69 Å². The highest BCUT2D eigenvalue weighted by molar-refractivity contribution is 7.09. The second-order valence-electron chi connectivity index (χ2n) is 5.93. The van der Waals surface area contributed by atoms with E-state index < -0.39 is 11.7 Å². The second-order valence-corrected chi connectivity index (χ2v) is 7.14. The van der Waals surface area contributed by atoms with Crippen LogP contribution in [0, 0.1) is 6.92 Å². The van der Waals surface area contributed by atoms with Crippen molar-refractivity contribution in [1.29, 1.82) is 0 Å². The largest absolute Gasteiger partial charge is 0.416 e. The average molecular weight is 370 g/mol. The molecule has 1 aliphatic rings. The molecule has 3 rings (SSSR count). The average Bonchev–Trinajstić information content (AvgIpc) is 3.12. The first-order valence-corrected chi connectivity index (χ1v) is 8.51. The number of nitrogens with zero attached hydrogens (tertiary/aromatic N) is 3. The smallest absolute Gasteiger partial charge is 0.326 e. The molecule has 0 unspecified atom stereocenters. The highest BCUT2D eigenvalue weighted by Gasteiger charge is 2.30. The Hall–Kier alpha value is -2.13. The quantitative estimate of drug-likeness (QED) is 0.839. The van der Waals surface area contributed by atoms with Crippen molar-refractivity contribution < 1.29 is 18.0 Å². The maximum atomic E-state index is 12.7. The van der Waals surface area contributed by atoms with Gasteiger partial charge in [-0.25, -0.2) is 4.79 Å². The van der Waals surface area contributed by atoms with E-state index in [-0.39, 0.29) is 12.1 Å². The van der Waals surface area contributed by atoms with Gasteiger partial charge < -0.3 is 10.6 Å². The Morgan fingerprint density at radius 1 is 1.32 bits per heavy atom. The topological polar surface area (TPSA) is 63.6 Å². The van der Waals surface area contributed by atoms with Gasteiger partial charge in [0.2, 0.25) is 0 Å². The number of carbonyl (C=O) groups is 1. The van der Waals surface area contributed by atoms with Crippen molar-refractivity contribution in [2.75, 3.05) is 13.1 Å². The Morgan fingerprint density at radius 3 is 2.56 bits per heavy atom. The number of urea groups is 1. The molecule has 0 spiro atoms. The maximum Gasteiger partial charge on any atom is 0.416 e. The molecule has 2 aromatic rings. The maximum absolute atomic E-state index is 12.7. The van der Waals surface area contributed by atoms with Crippen molar-refractivity contribution in [2.45, 2.75) is 25.6 Å². The summed E-state index contributed by atoms with van der Waals surface area (Å²) in [5, 5.41) is 0. The van der Waals surface area contributed by atoms with Gasteiger partial charge in [-0.2, -0.15) is 18.2 Å². The van der Waals surface area contributed by atoms with Crippen LogP contribution in [0.5, 0.6) is 0 Å². The number of nitrogens with two attached hydrogens (primary N) is 1. The number of hydrogen-bond acceptors (Lipinski definition) is 3. The molecule has 1 saturated heterocycles. The molecule has 2 heterocycles. The van der Waals surface area contributed by atoms with Crippen LogP contribution in [0.15, 0.2) is 35.5 Å². The summed E-state index contributed by atoms with van der Waals surface area (Å²) in [6.45, 7) is 2.88. The molecule has 2 amide bonds. The van der Waals surface area contributed by atoms with Gasteiger partial charge in [-0.1, -0.05) is 0 Å². The Balaban J connectivity index is 1.93. The van der Waals surface area contributed by atoms with Gasteiger partial charge in [0, 0.05) is 35.9 Å². The number of halogens is 3. The number of alkyl halides is 3. The zero-order chi connectivity index (χ0) is 18.2. The van der Waals surface area contributed by atoms with E-state index >= 15 is 0 Å². The van der Waals surface area contributed by atoms with Gasteiger partial charge in [0.25, 0.3) is 0 Å². The number of aromatic nitrogens is 1. The van der Waals surface area contributed by atoms with Gasteiger partial charge in [0.15, 0.2) is 4.80 Å². The minimum absolute atomic E-state index is 0.0359. The van der Waals surface area contributed by atoms with Gasteiger partial charge >= 0.3 is 12.2 Å². The molecule has 134 valence electrons. The monoisotopic (exact) mass is 370 g/mol. The van der Waals surface area contributed by atoms with Crippen LogP contribution in [0.2, 0.25) is 0 Å². The third-order valence-corrected chi connectivity index (χ3v) is 4.83. The Bertz CT molecular complexity index is 838. The number of hydrogen-bond donors (Lipinski definition) is 1. The van der Waals surface area contributed by atoms with Crippen LogP contribution in [0.1, 0.15) is 16.9 Å². The molecule has 0 radical (unpaired) electrons. The third kappa shape index (κ3) is 3.93. The Kier molecular flexibility index (Phi) is 4.70. The standard InChI is InChI=1S/C16H17F3N4OS/c1-10-8-23(13-4-2-11(3-5-13)16(17,18)19)15(25-10)21-14(24)22-7-6-12(20)9-22/h2-5,8,12H,6-7,9,20H2,1H3/b21-15-/t12-/m0/s1. The fourth-order valence-corrected chi connectivity index (χ4v) is 3.47. The molecule has 2 N–H and O–H groups in total.